The number of imidazole rings is 1. The maximum absolute atomic E-state index is 14.1. The fraction of sp³-hybridized carbons (Fsp3) is 0.500. The van der Waals surface area contributed by atoms with Crippen LogP contribution in [0.1, 0.15) is 26.1 Å². The molecule has 0 N–H and O–H groups in total. The van der Waals surface area contributed by atoms with Crippen molar-refractivity contribution >= 4 is 28.8 Å². The molecular formula is C24H29F2N7O3. The Kier molecular flexibility index (Phi) is 6.61. The Balaban J connectivity index is 1.60. The number of methoxy groups -OCH3 is 1. The Labute approximate surface area is 207 Å². The number of aromatic nitrogens is 4. The third-order valence-corrected chi connectivity index (χ3v) is 6.88. The summed E-state index contributed by atoms with van der Waals surface area (Å²) in [5.74, 6) is 0.960. The molecule has 0 aliphatic carbocycles. The van der Waals surface area contributed by atoms with E-state index in [2.05, 4.69) is 16.8 Å². The molecule has 36 heavy (non-hydrogen) atoms. The van der Waals surface area contributed by atoms with Crippen LogP contribution in [0.3, 0.4) is 0 Å². The first-order valence-corrected chi connectivity index (χ1v) is 12.0. The molecule has 4 heterocycles. The highest BCUT2D eigenvalue weighted by molar-refractivity contribution is 5.78. The van der Waals surface area contributed by atoms with Crippen LogP contribution in [0.5, 0.6) is 0 Å². The molecule has 0 saturated carbocycles. The molecule has 2 aliphatic heterocycles. The SMILES string of the molecule is COC(=O)N1CCN(c2cc(N3CCO[C@@H](C)[C@@H]3C)nc(-n3c(C(F)F)nc4ccccc43)n2)CC1. The number of carbonyl (C=O) groups is 1. The van der Waals surface area contributed by atoms with Crippen molar-refractivity contribution in [2.75, 3.05) is 56.2 Å². The van der Waals surface area contributed by atoms with Crippen molar-refractivity contribution in [2.24, 2.45) is 0 Å². The zero-order valence-electron chi connectivity index (χ0n) is 20.5. The van der Waals surface area contributed by atoms with Gasteiger partial charge < -0.3 is 24.2 Å². The molecule has 0 radical (unpaired) electrons. The molecule has 192 valence electrons. The van der Waals surface area contributed by atoms with Crippen molar-refractivity contribution in [3.8, 4) is 5.95 Å². The Bertz CT molecular complexity index is 1250. The zero-order chi connectivity index (χ0) is 25.4. The number of halogens is 2. The van der Waals surface area contributed by atoms with Crippen LogP contribution < -0.4 is 9.80 Å². The number of nitrogens with zero attached hydrogens (tertiary/aromatic N) is 7. The lowest BCUT2D eigenvalue weighted by atomic mass is 10.1. The summed E-state index contributed by atoms with van der Waals surface area (Å²) in [4.78, 5) is 31.4. The highest BCUT2D eigenvalue weighted by Crippen LogP contribution is 2.31. The number of hydrogen-bond donors (Lipinski definition) is 0. The van der Waals surface area contributed by atoms with E-state index in [1.807, 2.05) is 17.9 Å². The number of morpholine rings is 1. The van der Waals surface area contributed by atoms with Gasteiger partial charge in [0.25, 0.3) is 6.43 Å². The van der Waals surface area contributed by atoms with Crippen molar-refractivity contribution in [1.82, 2.24) is 24.4 Å². The molecule has 5 rings (SSSR count). The minimum Gasteiger partial charge on any atom is -0.453 e. The van der Waals surface area contributed by atoms with Crippen molar-refractivity contribution in [3.05, 3.63) is 36.2 Å². The molecule has 2 saturated heterocycles. The van der Waals surface area contributed by atoms with Gasteiger partial charge in [-0.3, -0.25) is 4.57 Å². The molecule has 1 aromatic carbocycles. The van der Waals surface area contributed by atoms with E-state index in [-0.39, 0.29) is 24.2 Å². The molecule has 3 aromatic rings. The van der Waals surface area contributed by atoms with Gasteiger partial charge in [-0.25, -0.2) is 18.6 Å². The summed E-state index contributed by atoms with van der Waals surface area (Å²) in [6.45, 7) is 7.17. The first-order chi connectivity index (χ1) is 17.4. The largest absolute Gasteiger partial charge is 0.453 e. The van der Waals surface area contributed by atoms with Gasteiger partial charge in [0.05, 0.1) is 36.9 Å². The minimum atomic E-state index is -2.81. The number of hydrogen-bond acceptors (Lipinski definition) is 8. The second-order valence-electron chi connectivity index (χ2n) is 8.93. The predicted octanol–water partition coefficient (Wildman–Crippen LogP) is 3.26. The predicted molar refractivity (Wildman–Crippen MR) is 130 cm³/mol. The number of ether oxygens (including phenoxy) is 2. The van der Waals surface area contributed by atoms with E-state index in [1.54, 1.807) is 29.2 Å². The number of alkyl halides is 2. The number of benzene rings is 1. The van der Waals surface area contributed by atoms with Crippen LogP contribution >= 0.6 is 0 Å². The number of para-hydroxylation sites is 2. The van der Waals surface area contributed by atoms with Crippen LogP contribution in [0.15, 0.2) is 30.3 Å². The molecule has 2 fully saturated rings. The maximum atomic E-state index is 14.1. The first kappa shape index (κ1) is 24.2. The topological polar surface area (TPSA) is 88.9 Å². The van der Waals surface area contributed by atoms with E-state index in [0.29, 0.717) is 62.0 Å². The third kappa shape index (κ3) is 4.41. The Morgan fingerprint density at radius 3 is 2.50 bits per heavy atom. The van der Waals surface area contributed by atoms with E-state index >= 15 is 0 Å². The molecule has 10 nitrogen and oxygen atoms in total. The van der Waals surface area contributed by atoms with Crippen molar-refractivity contribution in [1.29, 1.82) is 0 Å². The molecule has 0 unspecified atom stereocenters. The quantitative estimate of drug-likeness (QED) is 0.538. The van der Waals surface area contributed by atoms with Crippen LogP contribution in [0.2, 0.25) is 0 Å². The van der Waals surface area contributed by atoms with Gasteiger partial charge in [-0.2, -0.15) is 9.97 Å². The summed E-state index contributed by atoms with van der Waals surface area (Å²) in [6.07, 6.45) is -3.20. The second-order valence-corrected chi connectivity index (χ2v) is 8.93. The molecule has 2 aromatic heterocycles. The summed E-state index contributed by atoms with van der Waals surface area (Å²) >= 11 is 0. The number of fused-ring (bicyclic) bond motifs is 1. The Morgan fingerprint density at radius 2 is 1.78 bits per heavy atom. The van der Waals surface area contributed by atoms with Gasteiger partial charge in [-0.15, -0.1) is 0 Å². The average Bonchev–Trinajstić information content (AvgIpc) is 3.30. The summed E-state index contributed by atoms with van der Waals surface area (Å²) < 4.78 is 40.2. The van der Waals surface area contributed by atoms with E-state index < -0.39 is 12.2 Å². The van der Waals surface area contributed by atoms with Crippen LogP contribution in [-0.4, -0.2) is 89.1 Å². The van der Waals surface area contributed by atoms with E-state index in [0.717, 1.165) is 0 Å². The number of carbonyl (C=O) groups excluding carboxylic acids is 1. The smallest absolute Gasteiger partial charge is 0.409 e. The Hall–Kier alpha value is -3.54. The second kappa shape index (κ2) is 9.84. The van der Waals surface area contributed by atoms with Crippen LogP contribution in [0, 0.1) is 0 Å². The summed E-state index contributed by atoms with van der Waals surface area (Å²) in [5.41, 5.74) is 0.957. The van der Waals surface area contributed by atoms with Crippen molar-refractivity contribution in [2.45, 2.75) is 32.4 Å². The standard InChI is InChI=1S/C24H29F2N7O3/c1-15-16(2)36-13-12-32(15)20-14-19(30-8-10-31(11-9-30)24(34)35-3)28-23(29-20)33-18-7-5-4-6-17(18)27-22(33)21(25)26/h4-7,14-16,21H,8-13H2,1-3H3/t15-,16-/m0/s1. The van der Waals surface area contributed by atoms with Gasteiger partial charge in [0.2, 0.25) is 5.95 Å². The molecule has 2 atom stereocenters. The van der Waals surface area contributed by atoms with Crippen LogP contribution in [-0.2, 0) is 9.47 Å². The molecular weight excluding hydrogens is 472 g/mol. The normalized spacial score (nSPS) is 20.9. The molecule has 0 spiro atoms. The summed E-state index contributed by atoms with van der Waals surface area (Å²) in [6, 6.07) is 8.87. The minimum absolute atomic E-state index is 0.0186. The Morgan fingerprint density at radius 1 is 1.06 bits per heavy atom. The highest BCUT2D eigenvalue weighted by atomic mass is 19.3. The van der Waals surface area contributed by atoms with Gasteiger partial charge in [-0.05, 0) is 26.0 Å². The molecule has 0 bridgehead atoms. The zero-order valence-corrected chi connectivity index (χ0v) is 20.5. The molecule has 1 amide bonds. The van der Waals surface area contributed by atoms with Crippen molar-refractivity contribution in [3.63, 3.8) is 0 Å². The lowest BCUT2D eigenvalue weighted by Crippen LogP contribution is -2.50. The highest BCUT2D eigenvalue weighted by Gasteiger charge is 2.30. The monoisotopic (exact) mass is 501 g/mol. The van der Waals surface area contributed by atoms with Gasteiger partial charge in [0.15, 0.2) is 5.82 Å². The maximum Gasteiger partial charge on any atom is 0.409 e. The van der Waals surface area contributed by atoms with Gasteiger partial charge in [-0.1, -0.05) is 12.1 Å². The van der Waals surface area contributed by atoms with Gasteiger partial charge >= 0.3 is 6.09 Å². The molecule has 12 heteroatoms. The van der Waals surface area contributed by atoms with Gasteiger partial charge in [0.1, 0.15) is 11.6 Å². The van der Waals surface area contributed by atoms with E-state index in [1.165, 1.54) is 11.7 Å². The molecule has 2 aliphatic rings. The van der Waals surface area contributed by atoms with Crippen LogP contribution in [0.25, 0.3) is 17.0 Å². The number of amides is 1. The summed E-state index contributed by atoms with van der Waals surface area (Å²) in [5, 5.41) is 0. The van der Waals surface area contributed by atoms with Crippen LogP contribution in [0.4, 0.5) is 25.2 Å². The third-order valence-electron chi connectivity index (χ3n) is 6.88. The fourth-order valence-electron chi connectivity index (χ4n) is 4.72. The number of piperazine rings is 1. The first-order valence-electron chi connectivity index (χ1n) is 12.0. The van der Waals surface area contributed by atoms with E-state index in [9.17, 15) is 13.6 Å². The van der Waals surface area contributed by atoms with E-state index in [4.69, 9.17) is 19.4 Å². The fourth-order valence-corrected chi connectivity index (χ4v) is 4.72. The number of anilines is 2. The average molecular weight is 502 g/mol. The summed E-state index contributed by atoms with van der Waals surface area (Å²) in [7, 11) is 1.36. The van der Waals surface area contributed by atoms with Gasteiger partial charge in [0, 0.05) is 38.8 Å². The number of rotatable bonds is 4. The van der Waals surface area contributed by atoms with Crippen molar-refractivity contribution < 1.29 is 23.0 Å². The lowest BCUT2D eigenvalue weighted by molar-refractivity contribution is 0.0281. The lowest BCUT2D eigenvalue weighted by Gasteiger charge is -2.39.